The molecule has 0 radical (unpaired) electrons. The Morgan fingerprint density at radius 1 is 1.32 bits per heavy atom. The summed E-state index contributed by atoms with van der Waals surface area (Å²) in [4.78, 5) is 19.5. The SMILES string of the molecule is Cc1noc([C@@H]2[C@@H](C)OCCN2C(=O)c2cccn2C2CCCC2)n1. The summed E-state index contributed by atoms with van der Waals surface area (Å²) in [6, 6.07) is 3.95. The van der Waals surface area contributed by atoms with Gasteiger partial charge in [-0.25, -0.2) is 0 Å². The van der Waals surface area contributed by atoms with E-state index in [1.165, 1.54) is 12.8 Å². The first-order valence-corrected chi connectivity index (χ1v) is 9.05. The molecule has 1 saturated carbocycles. The van der Waals surface area contributed by atoms with Gasteiger partial charge in [0.2, 0.25) is 0 Å². The second-order valence-corrected chi connectivity index (χ2v) is 6.94. The quantitative estimate of drug-likeness (QED) is 0.856. The third-order valence-corrected chi connectivity index (χ3v) is 5.27. The lowest BCUT2D eigenvalue weighted by molar-refractivity contribution is -0.0603. The number of aryl methyl sites for hydroxylation is 1. The van der Waals surface area contributed by atoms with Crippen molar-refractivity contribution in [2.24, 2.45) is 0 Å². The first-order chi connectivity index (χ1) is 12.1. The third kappa shape index (κ3) is 2.97. The Morgan fingerprint density at radius 3 is 2.84 bits per heavy atom. The second kappa shape index (κ2) is 6.63. The van der Waals surface area contributed by atoms with Crippen molar-refractivity contribution in [3.63, 3.8) is 0 Å². The second-order valence-electron chi connectivity index (χ2n) is 6.94. The van der Waals surface area contributed by atoms with Crippen LogP contribution in [0.5, 0.6) is 0 Å². The van der Waals surface area contributed by atoms with Crippen molar-refractivity contribution >= 4 is 5.91 Å². The van der Waals surface area contributed by atoms with Crippen LogP contribution in [0.1, 0.15) is 66.9 Å². The van der Waals surface area contributed by atoms with Crippen molar-refractivity contribution in [2.45, 2.75) is 57.7 Å². The third-order valence-electron chi connectivity index (χ3n) is 5.27. The molecule has 0 bridgehead atoms. The largest absolute Gasteiger partial charge is 0.374 e. The van der Waals surface area contributed by atoms with Gasteiger partial charge in [0.1, 0.15) is 11.7 Å². The van der Waals surface area contributed by atoms with Crippen molar-refractivity contribution in [3.8, 4) is 0 Å². The average molecular weight is 344 g/mol. The highest BCUT2D eigenvalue weighted by molar-refractivity contribution is 5.93. The summed E-state index contributed by atoms with van der Waals surface area (Å²) in [5.74, 6) is 1.01. The molecule has 134 valence electrons. The van der Waals surface area contributed by atoms with E-state index in [2.05, 4.69) is 14.7 Å². The lowest BCUT2D eigenvalue weighted by Crippen LogP contribution is -2.47. The van der Waals surface area contributed by atoms with Crippen LogP contribution < -0.4 is 0 Å². The Bertz CT molecular complexity index is 747. The molecule has 1 aliphatic heterocycles. The first-order valence-electron chi connectivity index (χ1n) is 9.05. The topological polar surface area (TPSA) is 73.4 Å². The molecule has 2 aromatic heterocycles. The number of rotatable bonds is 3. The van der Waals surface area contributed by atoms with Gasteiger partial charge in [0, 0.05) is 18.8 Å². The minimum atomic E-state index is -0.352. The Kier molecular flexibility index (Phi) is 4.33. The summed E-state index contributed by atoms with van der Waals surface area (Å²) < 4.78 is 13.3. The van der Waals surface area contributed by atoms with Crippen LogP contribution in [-0.2, 0) is 4.74 Å². The van der Waals surface area contributed by atoms with Crippen LogP contribution >= 0.6 is 0 Å². The van der Waals surface area contributed by atoms with E-state index in [0.29, 0.717) is 30.9 Å². The average Bonchev–Trinajstić information content (AvgIpc) is 3.34. The predicted molar refractivity (Wildman–Crippen MR) is 90.2 cm³/mol. The standard InChI is InChI=1S/C18H24N4O3/c1-12-16(17-19-13(2)20-25-17)22(10-11-24-12)18(23)15-8-5-9-21(15)14-6-3-4-7-14/h5,8-9,12,14,16H,3-4,6-7,10-11H2,1-2H3/t12-,16+/m1/s1. The van der Waals surface area contributed by atoms with Crippen molar-refractivity contribution in [3.05, 3.63) is 35.7 Å². The molecule has 3 heterocycles. The molecule has 7 nitrogen and oxygen atoms in total. The maximum atomic E-state index is 13.3. The maximum absolute atomic E-state index is 13.3. The normalized spacial score (nSPS) is 24.8. The number of aromatic nitrogens is 3. The highest BCUT2D eigenvalue weighted by Gasteiger charge is 2.39. The molecule has 2 atom stereocenters. The molecule has 0 aromatic carbocycles. The van der Waals surface area contributed by atoms with Crippen molar-refractivity contribution in [2.75, 3.05) is 13.2 Å². The van der Waals surface area contributed by atoms with Gasteiger partial charge in [-0.1, -0.05) is 18.0 Å². The van der Waals surface area contributed by atoms with Crippen molar-refractivity contribution in [1.82, 2.24) is 19.6 Å². The van der Waals surface area contributed by atoms with Crippen LogP contribution in [-0.4, -0.2) is 44.8 Å². The monoisotopic (exact) mass is 344 g/mol. The fourth-order valence-corrected chi connectivity index (χ4v) is 4.04. The van der Waals surface area contributed by atoms with E-state index in [4.69, 9.17) is 9.26 Å². The van der Waals surface area contributed by atoms with E-state index in [1.54, 1.807) is 6.92 Å². The molecule has 2 aromatic rings. The molecule has 0 spiro atoms. The molecule has 1 saturated heterocycles. The summed E-state index contributed by atoms with van der Waals surface area (Å²) in [6.07, 6.45) is 6.58. The number of morpholine rings is 1. The molecular formula is C18H24N4O3. The van der Waals surface area contributed by atoms with Crippen molar-refractivity contribution < 1.29 is 14.1 Å². The minimum Gasteiger partial charge on any atom is -0.374 e. The molecule has 2 fully saturated rings. The van der Waals surface area contributed by atoms with Crippen LogP contribution in [0.15, 0.2) is 22.9 Å². The maximum Gasteiger partial charge on any atom is 0.271 e. The zero-order valence-electron chi connectivity index (χ0n) is 14.7. The summed E-state index contributed by atoms with van der Waals surface area (Å²) in [5, 5.41) is 3.88. The molecule has 1 aliphatic carbocycles. The molecule has 2 aliphatic rings. The Labute approximate surface area is 146 Å². The van der Waals surface area contributed by atoms with Gasteiger partial charge in [0.15, 0.2) is 5.82 Å². The molecule has 0 unspecified atom stereocenters. The number of carbonyl (C=O) groups is 1. The number of amides is 1. The summed E-state index contributed by atoms with van der Waals surface area (Å²) in [6.45, 7) is 4.75. The van der Waals surface area contributed by atoms with Crippen LogP contribution in [0.25, 0.3) is 0 Å². The zero-order valence-corrected chi connectivity index (χ0v) is 14.7. The highest BCUT2D eigenvalue weighted by atomic mass is 16.5. The van der Waals surface area contributed by atoms with Gasteiger partial charge in [-0.05, 0) is 38.8 Å². The lowest BCUT2D eigenvalue weighted by Gasteiger charge is -2.38. The number of nitrogens with zero attached hydrogens (tertiary/aromatic N) is 4. The van der Waals surface area contributed by atoms with E-state index >= 15 is 0 Å². The lowest BCUT2D eigenvalue weighted by atomic mass is 10.1. The Morgan fingerprint density at radius 2 is 2.12 bits per heavy atom. The summed E-state index contributed by atoms with van der Waals surface area (Å²) >= 11 is 0. The zero-order chi connectivity index (χ0) is 17.4. The molecule has 1 amide bonds. The number of carbonyl (C=O) groups excluding carboxylic acids is 1. The molecule has 7 heteroatoms. The van der Waals surface area contributed by atoms with Crippen LogP contribution in [0.3, 0.4) is 0 Å². The van der Waals surface area contributed by atoms with E-state index in [1.807, 2.05) is 30.2 Å². The van der Waals surface area contributed by atoms with Gasteiger partial charge < -0.3 is 18.7 Å². The van der Waals surface area contributed by atoms with E-state index in [9.17, 15) is 4.79 Å². The first kappa shape index (κ1) is 16.3. The number of ether oxygens (including phenoxy) is 1. The van der Waals surface area contributed by atoms with E-state index in [-0.39, 0.29) is 18.1 Å². The minimum absolute atomic E-state index is 0.00732. The summed E-state index contributed by atoms with van der Waals surface area (Å²) in [5.41, 5.74) is 0.738. The summed E-state index contributed by atoms with van der Waals surface area (Å²) in [7, 11) is 0. The smallest absolute Gasteiger partial charge is 0.271 e. The number of hydrogen-bond acceptors (Lipinski definition) is 5. The fourth-order valence-electron chi connectivity index (χ4n) is 4.04. The van der Waals surface area contributed by atoms with Crippen molar-refractivity contribution in [1.29, 1.82) is 0 Å². The number of hydrogen-bond donors (Lipinski definition) is 0. The van der Waals surface area contributed by atoms with Gasteiger partial charge in [-0.2, -0.15) is 4.98 Å². The highest BCUT2D eigenvalue weighted by Crippen LogP contribution is 2.33. The Hall–Kier alpha value is -2.15. The van der Waals surface area contributed by atoms with Crippen LogP contribution in [0.4, 0.5) is 0 Å². The molecule has 25 heavy (non-hydrogen) atoms. The Balaban J connectivity index is 1.65. The molecule has 0 N–H and O–H groups in total. The van der Waals surface area contributed by atoms with Gasteiger partial charge in [0.05, 0.1) is 12.7 Å². The van der Waals surface area contributed by atoms with Gasteiger partial charge in [0.25, 0.3) is 11.8 Å². The van der Waals surface area contributed by atoms with Gasteiger partial charge in [-0.15, -0.1) is 0 Å². The molecular weight excluding hydrogens is 320 g/mol. The van der Waals surface area contributed by atoms with E-state index in [0.717, 1.165) is 18.5 Å². The predicted octanol–water partition coefficient (Wildman–Crippen LogP) is 2.90. The fraction of sp³-hybridized carbons (Fsp3) is 0.611. The van der Waals surface area contributed by atoms with E-state index < -0.39 is 0 Å². The van der Waals surface area contributed by atoms with Gasteiger partial charge in [-0.3, -0.25) is 4.79 Å². The van der Waals surface area contributed by atoms with Crippen LogP contribution in [0.2, 0.25) is 0 Å². The van der Waals surface area contributed by atoms with Gasteiger partial charge >= 0.3 is 0 Å². The molecule has 4 rings (SSSR count). The van der Waals surface area contributed by atoms with Crippen LogP contribution in [0, 0.1) is 6.92 Å².